The Bertz CT molecular complexity index is 1260. The van der Waals surface area contributed by atoms with Crippen LogP contribution in [0.1, 0.15) is 29.0 Å². The first-order valence-corrected chi connectivity index (χ1v) is 10.5. The first-order valence-electron chi connectivity index (χ1n) is 10.5. The van der Waals surface area contributed by atoms with Crippen molar-refractivity contribution >= 4 is 22.8 Å². The third-order valence-corrected chi connectivity index (χ3v) is 5.87. The molecular weight excluding hydrogens is 408 g/mol. The average Bonchev–Trinajstić information content (AvgIpc) is 3.49. The van der Waals surface area contributed by atoms with E-state index in [9.17, 15) is 9.59 Å². The molecular formula is C23H22N6O3. The van der Waals surface area contributed by atoms with E-state index < -0.39 is 0 Å². The molecule has 1 aliphatic rings. The van der Waals surface area contributed by atoms with Crippen molar-refractivity contribution in [3.8, 4) is 11.3 Å². The topological polar surface area (TPSA) is 120 Å². The van der Waals surface area contributed by atoms with Crippen LogP contribution in [0.25, 0.3) is 22.3 Å². The number of rotatable bonds is 5. The van der Waals surface area contributed by atoms with Crippen molar-refractivity contribution in [2.45, 2.75) is 19.4 Å². The van der Waals surface area contributed by atoms with Gasteiger partial charge in [0.15, 0.2) is 5.65 Å². The number of hydrogen-bond acceptors (Lipinski definition) is 6. The molecule has 5 rings (SSSR count). The van der Waals surface area contributed by atoms with Crippen molar-refractivity contribution in [2.24, 2.45) is 11.7 Å². The summed E-state index contributed by atoms with van der Waals surface area (Å²) in [7, 11) is 0. The fourth-order valence-corrected chi connectivity index (χ4v) is 4.09. The number of pyridine rings is 2. The lowest BCUT2D eigenvalue weighted by molar-refractivity contribution is -0.123. The SMILES string of the molecule is NC(=O)C1CCN(C(=O)c2cc(-c3cccnc3)nc3c2cnn3Cc2ccco2)CC1. The van der Waals surface area contributed by atoms with Crippen molar-refractivity contribution < 1.29 is 14.0 Å². The van der Waals surface area contributed by atoms with Crippen LogP contribution in [-0.4, -0.2) is 49.6 Å². The predicted molar refractivity (Wildman–Crippen MR) is 116 cm³/mol. The smallest absolute Gasteiger partial charge is 0.254 e. The van der Waals surface area contributed by atoms with E-state index in [-0.39, 0.29) is 17.7 Å². The Labute approximate surface area is 183 Å². The standard InChI is InChI=1S/C23H22N6O3/c24-21(30)15-5-8-28(9-6-15)23(31)18-11-20(16-3-1-7-25-12-16)27-22-19(18)13-26-29(22)14-17-4-2-10-32-17/h1-4,7,10-13,15H,5-6,8-9,14H2,(H2,24,30). The summed E-state index contributed by atoms with van der Waals surface area (Å²) in [5.41, 5.74) is 8.01. The number of primary amides is 1. The third-order valence-electron chi connectivity index (χ3n) is 5.87. The van der Waals surface area contributed by atoms with E-state index in [0.717, 1.165) is 11.3 Å². The molecule has 0 spiro atoms. The molecule has 5 heterocycles. The molecule has 4 aromatic heterocycles. The third kappa shape index (κ3) is 3.73. The van der Waals surface area contributed by atoms with Crippen LogP contribution in [-0.2, 0) is 11.3 Å². The molecule has 1 fully saturated rings. The number of likely N-dealkylation sites (tertiary alicyclic amines) is 1. The summed E-state index contributed by atoms with van der Waals surface area (Å²) in [6.45, 7) is 1.37. The van der Waals surface area contributed by atoms with Crippen molar-refractivity contribution in [2.75, 3.05) is 13.1 Å². The molecule has 0 atom stereocenters. The number of carbonyl (C=O) groups excluding carboxylic acids is 2. The van der Waals surface area contributed by atoms with Crippen LogP contribution in [0.4, 0.5) is 0 Å². The summed E-state index contributed by atoms with van der Waals surface area (Å²) < 4.78 is 7.19. The zero-order valence-electron chi connectivity index (χ0n) is 17.3. The maximum atomic E-state index is 13.5. The highest BCUT2D eigenvalue weighted by Gasteiger charge is 2.28. The second-order valence-electron chi connectivity index (χ2n) is 7.88. The Balaban J connectivity index is 1.56. The molecule has 1 aliphatic heterocycles. The van der Waals surface area contributed by atoms with Gasteiger partial charge in [-0.25, -0.2) is 9.67 Å². The van der Waals surface area contributed by atoms with E-state index in [1.165, 1.54) is 0 Å². The summed E-state index contributed by atoms with van der Waals surface area (Å²) in [4.78, 5) is 35.8. The predicted octanol–water partition coefficient (Wildman–Crippen LogP) is 2.47. The van der Waals surface area contributed by atoms with Crippen LogP contribution in [0.5, 0.6) is 0 Å². The monoisotopic (exact) mass is 430 g/mol. The molecule has 0 aliphatic carbocycles. The van der Waals surface area contributed by atoms with Crippen LogP contribution in [0, 0.1) is 5.92 Å². The first kappa shape index (κ1) is 19.9. The quantitative estimate of drug-likeness (QED) is 0.519. The second-order valence-corrected chi connectivity index (χ2v) is 7.88. The van der Waals surface area contributed by atoms with Gasteiger partial charge in [-0.3, -0.25) is 14.6 Å². The Morgan fingerprint density at radius 1 is 1.16 bits per heavy atom. The molecule has 4 aromatic rings. The van der Waals surface area contributed by atoms with Crippen LogP contribution in [0.3, 0.4) is 0 Å². The normalized spacial score (nSPS) is 14.7. The van der Waals surface area contributed by atoms with E-state index in [0.29, 0.717) is 54.8 Å². The molecule has 0 saturated carbocycles. The van der Waals surface area contributed by atoms with Gasteiger partial charge >= 0.3 is 0 Å². The zero-order chi connectivity index (χ0) is 22.1. The minimum atomic E-state index is -0.304. The van der Waals surface area contributed by atoms with Gasteiger partial charge in [0.2, 0.25) is 5.91 Å². The summed E-state index contributed by atoms with van der Waals surface area (Å²) in [6, 6.07) is 9.22. The minimum Gasteiger partial charge on any atom is -0.467 e. The number of carbonyl (C=O) groups is 2. The van der Waals surface area contributed by atoms with E-state index in [2.05, 4.69) is 10.1 Å². The largest absolute Gasteiger partial charge is 0.467 e. The lowest BCUT2D eigenvalue weighted by Crippen LogP contribution is -2.41. The molecule has 2 N–H and O–H groups in total. The fraction of sp³-hybridized carbons (Fsp3) is 0.261. The van der Waals surface area contributed by atoms with Crippen LogP contribution >= 0.6 is 0 Å². The van der Waals surface area contributed by atoms with Gasteiger partial charge in [-0.2, -0.15) is 5.10 Å². The maximum absolute atomic E-state index is 13.5. The van der Waals surface area contributed by atoms with E-state index in [4.69, 9.17) is 15.1 Å². The molecule has 32 heavy (non-hydrogen) atoms. The lowest BCUT2D eigenvalue weighted by atomic mass is 9.95. The van der Waals surface area contributed by atoms with Crippen molar-refractivity contribution in [3.05, 3.63) is 66.5 Å². The fourth-order valence-electron chi connectivity index (χ4n) is 4.09. The van der Waals surface area contributed by atoms with Gasteiger partial charge in [0.1, 0.15) is 12.3 Å². The molecule has 0 aromatic carbocycles. The lowest BCUT2D eigenvalue weighted by Gasteiger charge is -2.30. The Morgan fingerprint density at radius 2 is 2.00 bits per heavy atom. The van der Waals surface area contributed by atoms with Crippen molar-refractivity contribution in [3.63, 3.8) is 0 Å². The molecule has 9 nitrogen and oxygen atoms in total. The van der Waals surface area contributed by atoms with Gasteiger partial charge in [-0.15, -0.1) is 0 Å². The van der Waals surface area contributed by atoms with Gasteiger partial charge in [-0.05, 0) is 43.2 Å². The van der Waals surface area contributed by atoms with Crippen LogP contribution < -0.4 is 5.73 Å². The summed E-state index contributed by atoms with van der Waals surface area (Å²) >= 11 is 0. The van der Waals surface area contributed by atoms with Crippen molar-refractivity contribution in [1.82, 2.24) is 24.6 Å². The van der Waals surface area contributed by atoms with Gasteiger partial charge in [0.05, 0.1) is 29.1 Å². The molecule has 9 heteroatoms. The van der Waals surface area contributed by atoms with Gasteiger partial charge in [0, 0.05) is 37.0 Å². The number of nitrogens with zero attached hydrogens (tertiary/aromatic N) is 5. The van der Waals surface area contributed by atoms with E-state index in [1.54, 1.807) is 40.5 Å². The average molecular weight is 430 g/mol. The summed E-state index contributed by atoms with van der Waals surface area (Å²) in [6.07, 6.45) is 7.83. The Hall–Kier alpha value is -4.01. The van der Waals surface area contributed by atoms with Gasteiger partial charge in [-0.1, -0.05) is 0 Å². The zero-order valence-corrected chi connectivity index (χ0v) is 17.3. The number of fused-ring (bicyclic) bond motifs is 1. The number of hydrogen-bond donors (Lipinski definition) is 1. The first-order chi connectivity index (χ1) is 15.6. The Kier molecular flexibility index (Phi) is 5.14. The van der Waals surface area contributed by atoms with Gasteiger partial charge < -0.3 is 15.1 Å². The molecule has 0 bridgehead atoms. The second kappa shape index (κ2) is 8.26. The molecule has 1 saturated heterocycles. The van der Waals surface area contributed by atoms with Crippen LogP contribution in [0.2, 0.25) is 0 Å². The highest BCUT2D eigenvalue weighted by molar-refractivity contribution is 6.06. The number of piperidine rings is 1. The highest BCUT2D eigenvalue weighted by atomic mass is 16.3. The number of nitrogens with two attached hydrogens (primary N) is 1. The molecule has 162 valence electrons. The van der Waals surface area contributed by atoms with Crippen molar-refractivity contribution in [1.29, 1.82) is 0 Å². The summed E-state index contributed by atoms with van der Waals surface area (Å²) in [5.74, 6) is 0.146. The van der Waals surface area contributed by atoms with E-state index >= 15 is 0 Å². The van der Waals surface area contributed by atoms with Crippen LogP contribution in [0.15, 0.2) is 59.6 Å². The highest BCUT2D eigenvalue weighted by Crippen LogP contribution is 2.27. The number of furan rings is 1. The molecule has 0 radical (unpaired) electrons. The summed E-state index contributed by atoms with van der Waals surface area (Å²) in [5, 5.41) is 5.15. The van der Waals surface area contributed by atoms with Gasteiger partial charge in [0.25, 0.3) is 5.91 Å². The number of amides is 2. The Morgan fingerprint density at radius 3 is 2.69 bits per heavy atom. The maximum Gasteiger partial charge on any atom is 0.254 e. The molecule has 2 amide bonds. The number of aromatic nitrogens is 4. The molecule has 0 unspecified atom stereocenters. The van der Waals surface area contributed by atoms with E-state index in [1.807, 2.05) is 24.3 Å². The minimum absolute atomic E-state index is 0.108.